The molecule has 1 fully saturated rings. The number of nitro benzene ring substituents is 1. The molecule has 10 nitrogen and oxygen atoms in total. The molecule has 2 N–H and O–H groups in total. The van der Waals surface area contributed by atoms with Crippen molar-refractivity contribution in [2.45, 2.75) is 6.04 Å². The molecule has 0 saturated carbocycles. The van der Waals surface area contributed by atoms with Gasteiger partial charge in [-0.3, -0.25) is 24.7 Å². The largest absolute Gasteiger partial charge is 0.507 e. The maximum atomic E-state index is 12.8. The molecule has 0 spiro atoms. The maximum absolute atomic E-state index is 12.8. The summed E-state index contributed by atoms with van der Waals surface area (Å²) in [5.41, 5.74) is 0.211. The lowest BCUT2D eigenvalue weighted by molar-refractivity contribution is -0.384. The smallest absolute Gasteiger partial charge is 0.295 e. The molecule has 0 aliphatic carbocycles. The average Bonchev–Trinajstić information content (AvgIpc) is 3.01. The maximum Gasteiger partial charge on any atom is 0.295 e. The van der Waals surface area contributed by atoms with E-state index in [1.165, 1.54) is 35.4 Å². The Morgan fingerprint density at radius 2 is 1.90 bits per heavy atom. The third-order valence-corrected chi connectivity index (χ3v) is 4.57. The van der Waals surface area contributed by atoms with E-state index in [0.29, 0.717) is 5.69 Å². The lowest BCUT2D eigenvalue weighted by atomic mass is 9.98. The summed E-state index contributed by atoms with van der Waals surface area (Å²) >= 11 is 0. The molecule has 1 aliphatic heterocycles. The van der Waals surface area contributed by atoms with Crippen LogP contribution in [0.2, 0.25) is 0 Å². The summed E-state index contributed by atoms with van der Waals surface area (Å²) < 4.78 is 5.21. The second-order valence-electron chi connectivity index (χ2n) is 6.39. The molecule has 1 aliphatic rings. The normalized spacial score (nSPS) is 18.0. The second kappa shape index (κ2) is 9.25. The summed E-state index contributed by atoms with van der Waals surface area (Å²) in [6, 6.07) is 9.06. The highest BCUT2D eigenvalue weighted by Gasteiger charge is 2.46. The van der Waals surface area contributed by atoms with Gasteiger partial charge < -0.3 is 19.8 Å². The highest BCUT2D eigenvalue weighted by Crippen LogP contribution is 2.38. The summed E-state index contributed by atoms with van der Waals surface area (Å²) in [6.07, 6.45) is 1.50. The molecule has 10 heteroatoms. The Morgan fingerprint density at radius 3 is 2.50 bits per heavy atom. The van der Waals surface area contributed by atoms with E-state index >= 15 is 0 Å². The molecule has 1 aromatic heterocycles. The minimum Gasteiger partial charge on any atom is -0.507 e. The molecule has 2 heterocycles. The van der Waals surface area contributed by atoms with Crippen LogP contribution in [0.3, 0.4) is 0 Å². The van der Waals surface area contributed by atoms with Crippen molar-refractivity contribution < 1.29 is 29.5 Å². The predicted molar refractivity (Wildman–Crippen MR) is 104 cm³/mol. The summed E-state index contributed by atoms with van der Waals surface area (Å²) in [4.78, 5) is 41.1. The SMILES string of the molecule is O=C1C(=O)N(CCOCCO)C(c2ccccn2)/C1=C(/O)c1ccc([N+](=O)[O-])cc1. The topological polar surface area (TPSA) is 143 Å². The third-order valence-electron chi connectivity index (χ3n) is 4.57. The number of Topliss-reactive ketones (excluding diaryl/α,β-unsaturated/α-hetero) is 1. The van der Waals surface area contributed by atoms with E-state index in [1.54, 1.807) is 18.2 Å². The standard InChI is InChI=1S/C20H19N3O7/c24-10-12-30-11-9-22-17(15-3-1-2-8-21-15)16(19(26)20(22)27)18(25)13-4-6-14(7-5-13)23(28)29/h1-8,17,24-25H,9-12H2/b18-16-. The third kappa shape index (κ3) is 4.19. The average molecular weight is 413 g/mol. The zero-order chi connectivity index (χ0) is 21.7. The minimum atomic E-state index is -0.945. The van der Waals surface area contributed by atoms with Gasteiger partial charge in [0.25, 0.3) is 17.4 Å². The lowest BCUT2D eigenvalue weighted by Gasteiger charge is -2.24. The number of rotatable bonds is 8. The number of ether oxygens (including phenoxy) is 1. The number of carbonyl (C=O) groups is 2. The number of aliphatic hydroxyl groups excluding tert-OH is 2. The zero-order valence-corrected chi connectivity index (χ0v) is 15.8. The Labute approximate surface area is 171 Å². The monoisotopic (exact) mass is 413 g/mol. The molecule has 1 saturated heterocycles. The molecule has 2 aromatic rings. The van der Waals surface area contributed by atoms with E-state index in [-0.39, 0.29) is 43.2 Å². The number of pyridine rings is 1. The van der Waals surface area contributed by atoms with Gasteiger partial charge in [-0.25, -0.2) is 0 Å². The molecule has 1 amide bonds. The van der Waals surface area contributed by atoms with Crippen LogP contribution in [-0.4, -0.2) is 63.1 Å². The van der Waals surface area contributed by atoms with Gasteiger partial charge in [0.2, 0.25) is 0 Å². The fraction of sp³-hybridized carbons (Fsp3) is 0.250. The van der Waals surface area contributed by atoms with Crippen molar-refractivity contribution in [1.82, 2.24) is 9.88 Å². The first-order valence-corrected chi connectivity index (χ1v) is 9.08. The first kappa shape index (κ1) is 21.1. The Bertz CT molecular complexity index is 974. The molecule has 3 rings (SSSR count). The van der Waals surface area contributed by atoms with Crippen LogP contribution in [0, 0.1) is 10.1 Å². The minimum absolute atomic E-state index is 0.0445. The van der Waals surface area contributed by atoms with Crippen molar-refractivity contribution in [3.05, 3.63) is 75.6 Å². The van der Waals surface area contributed by atoms with Crippen LogP contribution in [0.15, 0.2) is 54.2 Å². The summed E-state index contributed by atoms with van der Waals surface area (Å²) in [6.45, 7) is 0.0287. The van der Waals surface area contributed by atoms with Crippen LogP contribution < -0.4 is 0 Å². The van der Waals surface area contributed by atoms with E-state index in [2.05, 4.69) is 4.98 Å². The molecule has 156 valence electrons. The first-order chi connectivity index (χ1) is 14.5. The highest BCUT2D eigenvalue weighted by molar-refractivity contribution is 6.46. The summed E-state index contributed by atoms with van der Waals surface area (Å²) in [5.74, 6) is -2.15. The molecule has 1 unspecified atom stereocenters. The molecule has 1 atom stereocenters. The van der Waals surface area contributed by atoms with Crippen LogP contribution in [0.25, 0.3) is 5.76 Å². The second-order valence-corrected chi connectivity index (χ2v) is 6.39. The number of likely N-dealkylation sites (tertiary alicyclic amines) is 1. The number of hydrogen-bond acceptors (Lipinski definition) is 8. The van der Waals surface area contributed by atoms with Crippen molar-refractivity contribution >= 4 is 23.1 Å². The molecule has 1 aromatic carbocycles. The fourth-order valence-corrected chi connectivity index (χ4v) is 3.18. The number of aromatic nitrogens is 1. The predicted octanol–water partition coefficient (Wildman–Crippen LogP) is 1.42. The van der Waals surface area contributed by atoms with E-state index < -0.39 is 28.4 Å². The van der Waals surface area contributed by atoms with Crippen LogP contribution in [0.5, 0.6) is 0 Å². The molecular formula is C20H19N3O7. The van der Waals surface area contributed by atoms with Crippen LogP contribution >= 0.6 is 0 Å². The zero-order valence-electron chi connectivity index (χ0n) is 15.8. The summed E-state index contributed by atoms with van der Waals surface area (Å²) in [5, 5.41) is 30.5. The van der Waals surface area contributed by atoms with Gasteiger partial charge in [0.15, 0.2) is 0 Å². The van der Waals surface area contributed by atoms with Crippen LogP contribution in [0.1, 0.15) is 17.3 Å². The van der Waals surface area contributed by atoms with Crippen molar-refractivity contribution in [3.8, 4) is 0 Å². The number of carbonyl (C=O) groups excluding carboxylic acids is 2. The van der Waals surface area contributed by atoms with Crippen molar-refractivity contribution in [2.24, 2.45) is 0 Å². The van der Waals surface area contributed by atoms with Gasteiger partial charge in [0.1, 0.15) is 11.8 Å². The van der Waals surface area contributed by atoms with Crippen molar-refractivity contribution in [3.63, 3.8) is 0 Å². The van der Waals surface area contributed by atoms with E-state index in [0.717, 1.165) is 0 Å². The van der Waals surface area contributed by atoms with Gasteiger partial charge in [-0.2, -0.15) is 0 Å². The Morgan fingerprint density at radius 1 is 1.17 bits per heavy atom. The van der Waals surface area contributed by atoms with Crippen molar-refractivity contribution in [1.29, 1.82) is 0 Å². The Hall–Kier alpha value is -3.63. The Kier molecular flexibility index (Phi) is 6.50. The van der Waals surface area contributed by atoms with E-state index in [4.69, 9.17) is 9.84 Å². The van der Waals surface area contributed by atoms with Gasteiger partial charge in [-0.05, 0) is 24.3 Å². The molecule has 0 radical (unpaired) electrons. The molecular weight excluding hydrogens is 394 g/mol. The fourth-order valence-electron chi connectivity index (χ4n) is 3.18. The highest BCUT2D eigenvalue weighted by atomic mass is 16.6. The van der Waals surface area contributed by atoms with Gasteiger partial charge in [-0.1, -0.05) is 6.07 Å². The summed E-state index contributed by atoms with van der Waals surface area (Å²) in [7, 11) is 0. The number of hydrogen-bond donors (Lipinski definition) is 2. The molecule has 30 heavy (non-hydrogen) atoms. The molecule has 0 bridgehead atoms. The quantitative estimate of drug-likeness (QED) is 0.165. The van der Waals surface area contributed by atoms with Crippen LogP contribution in [0.4, 0.5) is 5.69 Å². The number of aliphatic hydroxyl groups is 2. The van der Waals surface area contributed by atoms with Gasteiger partial charge in [-0.15, -0.1) is 0 Å². The lowest BCUT2D eigenvalue weighted by Crippen LogP contribution is -2.33. The van der Waals surface area contributed by atoms with E-state index in [9.17, 15) is 24.8 Å². The Balaban J connectivity index is 2.03. The number of amides is 1. The van der Waals surface area contributed by atoms with Gasteiger partial charge in [0.05, 0.1) is 36.0 Å². The van der Waals surface area contributed by atoms with Gasteiger partial charge >= 0.3 is 0 Å². The number of nitrogens with zero attached hydrogens (tertiary/aromatic N) is 3. The number of benzene rings is 1. The van der Waals surface area contributed by atoms with Crippen LogP contribution in [-0.2, 0) is 14.3 Å². The number of nitro groups is 1. The first-order valence-electron chi connectivity index (χ1n) is 9.08. The van der Waals surface area contributed by atoms with E-state index in [1.807, 2.05) is 0 Å². The van der Waals surface area contributed by atoms with Gasteiger partial charge in [0, 0.05) is 30.4 Å². The number of ketones is 1. The number of non-ortho nitro benzene ring substituents is 1. The van der Waals surface area contributed by atoms with Crippen molar-refractivity contribution in [2.75, 3.05) is 26.4 Å².